The number of hydrogen-bond acceptors (Lipinski definition) is 5. The Labute approximate surface area is 123 Å². The quantitative estimate of drug-likeness (QED) is 0.748. The first kappa shape index (κ1) is 16.2. The Morgan fingerprint density at radius 2 is 2.05 bits per heavy atom. The van der Waals surface area contributed by atoms with E-state index in [1.54, 1.807) is 6.20 Å². The topological polar surface area (TPSA) is 70.1 Å². The molecule has 0 aliphatic carbocycles. The molecule has 1 rings (SSSR count). The second-order valence-electron chi connectivity index (χ2n) is 5.72. The van der Waals surface area contributed by atoms with Crippen LogP contribution in [0, 0.1) is 5.41 Å². The van der Waals surface area contributed by atoms with E-state index in [2.05, 4.69) is 57.3 Å². The fraction of sp³-hybridized carbons (Fsp3) is 0.692. The smallest absolute Gasteiger partial charge is 0.224 e. The molecule has 1 atom stereocenters. The van der Waals surface area contributed by atoms with Crippen molar-refractivity contribution < 1.29 is 5.11 Å². The van der Waals surface area contributed by atoms with Gasteiger partial charge in [-0.25, -0.2) is 4.98 Å². The van der Waals surface area contributed by atoms with Crippen LogP contribution in [0.4, 0.5) is 11.8 Å². The first-order chi connectivity index (χ1) is 8.81. The van der Waals surface area contributed by atoms with E-state index < -0.39 is 6.10 Å². The molecule has 5 nitrogen and oxygen atoms in total. The number of halogens is 1. The molecule has 6 heteroatoms. The molecular formula is C13H23BrN4O. The van der Waals surface area contributed by atoms with Crippen LogP contribution in [0.25, 0.3) is 0 Å². The predicted octanol–water partition coefficient (Wildman–Crippen LogP) is 2.88. The van der Waals surface area contributed by atoms with Gasteiger partial charge in [-0.3, -0.25) is 0 Å². The standard InChI is InChI=1S/C13H23BrN4O/c1-5-15-12-17-8-10(14)11(18-12)16-7-9(19)6-13(2,3)4/h8-9,19H,5-7H2,1-4H3,(H2,15,16,17,18). The molecule has 0 spiro atoms. The van der Waals surface area contributed by atoms with Crippen molar-refractivity contribution in [1.29, 1.82) is 0 Å². The summed E-state index contributed by atoms with van der Waals surface area (Å²) in [6.07, 6.45) is 2.04. The second-order valence-corrected chi connectivity index (χ2v) is 6.57. The molecule has 0 amide bonds. The molecular weight excluding hydrogens is 308 g/mol. The maximum absolute atomic E-state index is 9.97. The highest BCUT2D eigenvalue weighted by Crippen LogP contribution is 2.23. The monoisotopic (exact) mass is 330 g/mol. The number of nitrogens with zero attached hydrogens (tertiary/aromatic N) is 2. The van der Waals surface area contributed by atoms with Gasteiger partial charge in [0.15, 0.2) is 0 Å². The first-order valence-electron chi connectivity index (χ1n) is 6.50. The lowest BCUT2D eigenvalue weighted by Gasteiger charge is -2.22. The number of aromatic nitrogens is 2. The van der Waals surface area contributed by atoms with Gasteiger partial charge in [-0.05, 0) is 34.7 Å². The highest BCUT2D eigenvalue weighted by atomic mass is 79.9. The Kier molecular flexibility index (Phi) is 6.00. The van der Waals surface area contributed by atoms with Crippen molar-refractivity contribution in [1.82, 2.24) is 9.97 Å². The lowest BCUT2D eigenvalue weighted by Crippen LogP contribution is -2.25. The van der Waals surface area contributed by atoms with E-state index in [4.69, 9.17) is 0 Å². The van der Waals surface area contributed by atoms with Crippen LogP contribution in [0.2, 0.25) is 0 Å². The lowest BCUT2D eigenvalue weighted by molar-refractivity contribution is 0.132. The van der Waals surface area contributed by atoms with Crippen LogP contribution in [-0.4, -0.2) is 34.3 Å². The minimum atomic E-state index is -0.399. The van der Waals surface area contributed by atoms with Crippen LogP contribution < -0.4 is 10.6 Å². The Morgan fingerprint density at radius 1 is 1.37 bits per heavy atom. The van der Waals surface area contributed by atoms with E-state index in [1.165, 1.54) is 0 Å². The summed E-state index contributed by atoms with van der Waals surface area (Å²) >= 11 is 3.40. The highest BCUT2D eigenvalue weighted by molar-refractivity contribution is 9.10. The number of nitrogens with one attached hydrogen (secondary N) is 2. The Hall–Kier alpha value is -0.880. The maximum atomic E-state index is 9.97. The summed E-state index contributed by atoms with van der Waals surface area (Å²) in [6, 6.07) is 0. The molecule has 108 valence electrons. The van der Waals surface area contributed by atoms with E-state index in [0.717, 1.165) is 17.4 Å². The Morgan fingerprint density at radius 3 is 2.63 bits per heavy atom. The number of anilines is 2. The van der Waals surface area contributed by atoms with Crippen LogP contribution in [0.1, 0.15) is 34.1 Å². The molecule has 19 heavy (non-hydrogen) atoms. The molecule has 3 N–H and O–H groups in total. The zero-order chi connectivity index (χ0) is 14.5. The first-order valence-corrected chi connectivity index (χ1v) is 7.29. The summed E-state index contributed by atoms with van der Waals surface area (Å²) in [7, 11) is 0. The van der Waals surface area contributed by atoms with Crippen molar-refractivity contribution in [3.63, 3.8) is 0 Å². The third kappa shape index (κ3) is 6.20. The number of aliphatic hydroxyl groups excluding tert-OH is 1. The summed E-state index contributed by atoms with van der Waals surface area (Å²) in [5.74, 6) is 1.28. The fourth-order valence-electron chi connectivity index (χ4n) is 1.73. The number of rotatable bonds is 6. The lowest BCUT2D eigenvalue weighted by atomic mass is 9.89. The molecule has 0 bridgehead atoms. The molecule has 1 aromatic heterocycles. The van der Waals surface area contributed by atoms with Crippen LogP contribution in [0.3, 0.4) is 0 Å². The summed E-state index contributed by atoms with van der Waals surface area (Å²) < 4.78 is 0.789. The van der Waals surface area contributed by atoms with Crippen LogP contribution in [-0.2, 0) is 0 Å². The van der Waals surface area contributed by atoms with Crippen molar-refractivity contribution in [2.45, 2.75) is 40.2 Å². The average Bonchev–Trinajstić information content (AvgIpc) is 2.28. The Balaban J connectivity index is 2.59. The number of hydrogen-bond donors (Lipinski definition) is 3. The van der Waals surface area contributed by atoms with E-state index in [0.29, 0.717) is 18.3 Å². The average molecular weight is 331 g/mol. The normalized spacial score (nSPS) is 13.2. The molecule has 0 aromatic carbocycles. The third-order valence-corrected chi connectivity index (χ3v) is 3.01. The van der Waals surface area contributed by atoms with Gasteiger partial charge in [0.25, 0.3) is 0 Å². The molecule has 1 unspecified atom stereocenters. The molecule has 1 heterocycles. The highest BCUT2D eigenvalue weighted by Gasteiger charge is 2.17. The van der Waals surface area contributed by atoms with E-state index in [-0.39, 0.29) is 5.41 Å². The van der Waals surface area contributed by atoms with E-state index >= 15 is 0 Å². The van der Waals surface area contributed by atoms with Gasteiger partial charge in [-0.1, -0.05) is 20.8 Å². The molecule has 0 saturated heterocycles. The summed E-state index contributed by atoms with van der Waals surface area (Å²) in [5.41, 5.74) is 0.110. The summed E-state index contributed by atoms with van der Waals surface area (Å²) in [4.78, 5) is 8.48. The van der Waals surface area contributed by atoms with Crippen molar-refractivity contribution >= 4 is 27.7 Å². The van der Waals surface area contributed by atoms with E-state index in [1.807, 2.05) is 6.92 Å². The molecule has 0 aliphatic heterocycles. The van der Waals surface area contributed by atoms with Gasteiger partial charge >= 0.3 is 0 Å². The van der Waals surface area contributed by atoms with Crippen molar-refractivity contribution in [2.75, 3.05) is 23.7 Å². The van der Waals surface area contributed by atoms with Crippen molar-refractivity contribution in [2.24, 2.45) is 5.41 Å². The van der Waals surface area contributed by atoms with Gasteiger partial charge in [0.1, 0.15) is 5.82 Å². The summed E-state index contributed by atoms with van der Waals surface area (Å²) in [5, 5.41) is 16.2. The molecule has 0 radical (unpaired) electrons. The van der Waals surface area contributed by atoms with Gasteiger partial charge < -0.3 is 15.7 Å². The van der Waals surface area contributed by atoms with Gasteiger partial charge in [-0.15, -0.1) is 0 Å². The minimum absolute atomic E-state index is 0.110. The predicted molar refractivity (Wildman–Crippen MR) is 82.5 cm³/mol. The molecule has 0 fully saturated rings. The van der Waals surface area contributed by atoms with Crippen LogP contribution >= 0.6 is 15.9 Å². The second kappa shape index (κ2) is 7.05. The fourth-order valence-corrected chi connectivity index (χ4v) is 2.06. The zero-order valence-corrected chi connectivity index (χ0v) is 13.6. The zero-order valence-electron chi connectivity index (χ0n) is 12.0. The number of aliphatic hydroxyl groups is 1. The molecule has 0 aliphatic rings. The molecule has 1 aromatic rings. The van der Waals surface area contributed by atoms with E-state index in [9.17, 15) is 5.11 Å². The Bertz CT molecular complexity index is 406. The van der Waals surface area contributed by atoms with Gasteiger partial charge in [0, 0.05) is 19.3 Å². The third-order valence-electron chi connectivity index (χ3n) is 2.43. The summed E-state index contributed by atoms with van der Waals surface area (Å²) in [6.45, 7) is 9.57. The maximum Gasteiger partial charge on any atom is 0.224 e. The van der Waals surface area contributed by atoms with Gasteiger partial charge in [0.2, 0.25) is 5.95 Å². The van der Waals surface area contributed by atoms with Crippen molar-refractivity contribution in [3.05, 3.63) is 10.7 Å². The largest absolute Gasteiger partial charge is 0.391 e. The SMILES string of the molecule is CCNc1ncc(Br)c(NCC(O)CC(C)(C)C)n1. The van der Waals surface area contributed by atoms with Crippen molar-refractivity contribution in [3.8, 4) is 0 Å². The van der Waals surface area contributed by atoms with Gasteiger partial charge in [-0.2, -0.15) is 4.98 Å². The van der Waals surface area contributed by atoms with Gasteiger partial charge in [0.05, 0.1) is 10.6 Å². The van der Waals surface area contributed by atoms with Crippen LogP contribution in [0.5, 0.6) is 0 Å². The molecule has 0 saturated carbocycles. The van der Waals surface area contributed by atoms with Crippen LogP contribution in [0.15, 0.2) is 10.7 Å². The minimum Gasteiger partial charge on any atom is -0.391 e.